The van der Waals surface area contributed by atoms with Gasteiger partial charge in [0.15, 0.2) is 0 Å². The topological polar surface area (TPSA) is 35.2 Å². The predicted octanol–water partition coefficient (Wildman–Crippen LogP) is 4.89. The van der Waals surface area contributed by atoms with Crippen LogP contribution in [0.4, 0.5) is 0 Å². The Hall–Kier alpha value is -0.840. The summed E-state index contributed by atoms with van der Waals surface area (Å²) in [5.74, 6) is 0.865. The van der Waals surface area contributed by atoms with Crippen LogP contribution in [0.3, 0.4) is 0 Å². The van der Waals surface area contributed by atoms with Gasteiger partial charge < -0.3 is 10.5 Å². The SMILES string of the molecule is COc1c(C(N)c2cc(Br)ccc2Br)ccc(C)c1C. The van der Waals surface area contributed by atoms with Gasteiger partial charge in [-0.25, -0.2) is 0 Å². The third kappa shape index (κ3) is 2.92. The predicted molar refractivity (Wildman–Crippen MR) is 90.3 cm³/mol. The Morgan fingerprint density at radius 3 is 2.40 bits per heavy atom. The highest BCUT2D eigenvalue weighted by Crippen LogP contribution is 2.36. The molecular weight excluding hydrogens is 382 g/mol. The molecule has 0 saturated carbocycles. The van der Waals surface area contributed by atoms with Crippen LogP contribution in [0.1, 0.15) is 28.3 Å². The number of ether oxygens (including phenoxy) is 1. The average Bonchev–Trinajstić information content (AvgIpc) is 2.43. The number of hydrogen-bond acceptors (Lipinski definition) is 2. The van der Waals surface area contributed by atoms with Crippen LogP contribution >= 0.6 is 31.9 Å². The number of nitrogens with two attached hydrogens (primary N) is 1. The zero-order chi connectivity index (χ0) is 14.9. The molecule has 0 fully saturated rings. The van der Waals surface area contributed by atoms with Gasteiger partial charge >= 0.3 is 0 Å². The van der Waals surface area contributed by atoms with Crippen molar-refractivity contribution in [2.75, 3.05) is 7.11 Å². The van der Waals surface area contributed by atoms with Crippen LogP contribution in [-0.4, -0.2) is 7.11 Å². The van der Waals surface area contributed by atoms with Crippen molar-refractivity contribution in [3.8, 4) is 5.75 Å². The summed E-state index contributed by atoms with van der Waals surface area (Å²) >= 11 is 7.06. The lowest BCUT2D eigenvalue weighted by molar-refractivity contribution is 0.404. The number of benzene rings is 2. The lowest BCUT2D eigenvalue weighted by Crippen LogP contribution is -2.14. The highest BCUT2D eigenvalue weighted by atomic mass is 79.9. The molecule has 2 nitrogen and oxygen atoms in total. The molecule has 0 aromatic heterocycles. The monoisotopic (exact) mass is 397 g/mol. The quantitative estimate of drug-likeness (QED) is 0.799. The fourth-order valence-corrected chi connectivity index (χ4v) is 3.12. The fraction of sp³-hybridized carbons (Fsp3) is 0.250. The first-order chi connectivity index (χ1) is 9.45. The zero-order valence-corrected chi connectivity index (χ0v) is 14.9. The number of halogens is 2. The van der Waals surface area contributed by atoms with Crippen LogP contribution in [0.15, 0.2) is 39.3 Å². The van der Waals surface area contributed by atoms with Crippen molar-refractivity contribution < 1.29 is 4.74 Å². The first kappa shape index (κ1) is 15.5. The largest absolute Gasteiger partial charge is 0.496 e. The summed E-state index contributed by atoms with van der Waals surface area (Å²) in [7, 11) is 1.69. The second-order valence-corrected chi connectivity index (χ2v) is 6.54. The van der Waals surface area contributed by atoms with E-state index in [0.29, 0.717) is 0 Å². The van der Waals surface area contributed by atoms with E-state index in [0.717, 1.165) is 31.4 Å². The van der Waals surface area contributed by atoms with Gasteiger partial charge in [-0.05, 0) is 48.7 Å². The maximum atomic E-state index is 6.45. The molecule has 2 aromatic rings. The van der Waals surface area contributed by atoms with Crippen LogP contribution in [-0.2, 0) is 0 Å². The summed E-state index contributed by atoms with van der Waals surface area (Å²) in [5, 5.41) is 0. The maximum absolute atomic E-state index is 6.45. The minimum atomic E-state index is -0.240. The molecule has 0 saturated heterocycles. The minimum Gasteiger partial charge on any atom is -0.496 e. The van der Waals surface area contributed by atoms with E-state index in [4.69, 9.17) is 10.5 Å². The summed E-state index contributed by atoms with van der Waals surface area (Å²) in [4.78, 5) is 0. The summed E-state index contributed by atoms with van der Waals surface area (Å²) in [5.41, 5.74) is 10.8. The molecule has 0 radical (unpaired) electrons. The molecule has 0 aliphatic heterocycles. The normalized spacial score (nSPS) is 12.3. The Morgan fingerprint density at radius 2 is 1.75 bits per heavy atom. The Kier molecular flexibility index (Phi) is 4.89. The Labute approximate surface area is 136 Å². The van der Waals surface area contributed by atoms with E-state index in [9.17, 15) is 0 Å². The Balaban J connectivity index is 2.56. The van der Waals surface area contributed by atoms with Gasteiger partial charge in [-0.1, -0.05) is 44.0 Å². The molecule has 2 N–H and O–H groups in total. The highest BCUT2D eigenvalue weighted by Gasteiger charge is 2.18. The van der Waals surface area contributed by atoms with E-state index in [1.807, 2.05) is 24.3 Å². The second kappa shape index (κ2) is 6.29. The molecule has 4 heteroatoms. The molecule has 1 unspecified atom stereocenters. The first-order valence-corrected chi connectivity index (χ1v) is 7.89. The molecule has 20 heavy (non-hydrogen) atoms. The first-order valence-electron chi connectivity index (χ1n) is 6.30. The van der Waals surface area contributed by atoms with E-state index in [1.54, 1.807) is 7.11 Å². The molecular formula is C16H17Br2NO. The van der Waals surface area contributed by atoms with Gasteiger partial charge in [-0.15, -0.1) is 0 Å². The number of rotatable bonds is 3. The van der Waals surface area contributed by atoms with Crippen molar-refractivity contribution in [1.82, 2.24) is 0 Å². The molecule has 2 aromatic carbocycles. The maximum Gasteiger partial charge on any atom is 0.127 e. The number of hydrogen-bond donors (Lipinski definition) is 1. The summed E-state index contributed by atoms with van der Waals surface area (Å²) in [6.45, 7) is 4.13. The lowest BCUT2D eigenvalue weighted by atomic mass is 9.95. The van der Waals surface area contributed by atoms with Crippen molar-refractivity contribution >= 4 is 31.9 Å². The molecule has 0 aliphatic carbocycles. The van der Waals surface area contributed by atoms with Crippen molar-refractivity contribution in [2.24, 2.45) is 5.73 Å². The van der Waals surface area contributed by atoms with E-state index >= 15 is 0 Å². The van der Waals surface area contributed by atoms with Crippen molar-refractivity contribution in [2.45, 2.75) is 19.9 Å². The van der Waals surface area contributed by atoms with Crippen molar-refractivity contribution in [3.63, 3.8) is 0 Å². The molecule has 2 rings (SSSR count). The third-order valence-corrected chi connectivity index (χ3v) is 4.75. The lowest BCUT2D eigenvalue weighted by Gasteiger charge is -2.20. The third-order valence-electron chi connectivity index (χ3n) is 3.54. The highest BCUT2D eigenvalue weighted by molar-refractivity contribution is 9.11. The second-order valence-electron chi connectivity index (χ2n) is 4.77. The average molecular weight is 399 g/mol. The standard InChI is InChI=1S/C16H17Br2NO/c1-9-4-6-12(16(20-3)10(9)2)15(19)13-8-11(17)5-7-14(13)18/h4-8,15H,19H2,1-3H3. The minimum absolute atomic E-state index is 0.240. The Morgan fingerprint density at radius 1 is 1.05 bits per heavy atom. The zero-order valence-electron chi connectivity index (χ0n) is 11.7. The van der Waals surface area contributed by atoms with E-state index in [-0.39, 0.29) is 6.04 Å². The molecule has 0 spiro atoms. The van der Waals surface area contributed by atoms with Gasteiger partial charge in [0.05, 0.1) is 13.2 Å². The smallest absolute Gasteiger partial charge is 0.127 e. The van der Waals surface area contributed by atoms with Crippen LogP contribution in [0.25, 0.3) is 0 Å². The van der Waals surface area contributed by atoms with Crippen molar-refractivity contribution in [1.29, 1.82) is 0 Å². The van der Waals surface area contributed by atoms with Crippen LogP contribution in [0, 0.1) is 13.8 Å². The summed E-state index contributed by atoms with van der Waals surface area (Å²) in [6, 6.07) is 9.89. The van der Waals surface area contributed by atoms with Crippen LogP contribution in [0.5, 0.6) is 5.75 Å². The molecule has 106 valence electrons. The summed E-state index contributed by atoms with van der Waals surface area (Å²) < 4.78 is 7.56. The number of aryl methyl sites for hydroxylation is 1. The van der Waals surface area contributed by atoms with Gasteiger partial charge in [0.1, 0.15) is 5.75 Å². The number of methoxy groups -OCH3 is 1. The van der Waals surface area contributed by atoms with Crippen LogP contribution in [0.2, 0.25) is 0 Å². The van der Waals surface area contributed by atoms with Crippen molar-refractivity contribution in [3.05, 3.63) is 61.5 Å². The van der Waals surface area contributed by atoms with Crippen LogP contribution < -0.4 is 10.5 Å². The molecule has 0 aliphatic rings. The van der Waals surface area contributed by atoms with E-state index in [1.165, 1.54) is 5.56 Å². The molecule has 1 atom stereocenters. The molecule has 0 amide bonds. The Bertz CT molecular complexity index is 641. The van der Waals surface area contributed by atoms with Gasteiger partial charge in [-0.3, -0.25) is 0 Å². The van der Waals surface area contributed by atoms with E-state index in [2.05, 4.69) is 51.8 Å². The van der Waals surface area contributed by atoms with Gasteiger partial charge in [0, 0.05) is 14.5 Å². The van der Waals surface area contributed by atoms with Gasteiger partial charge in [0.25, 0.3) is 0 Å². The fourth-order valence-electron chi connectivity index (χ4n) is 2.25. The van der Waals surface area contributed by atoms with Gasteiger partial charge in [-0.2, -0.15) is 0 Å². The summed E-state index contributed by atoms with van der Waals surface area (Å²) in [6.07, 6.45) is 0. The molecule has 0 heterocycles. The van der Waals surface area contributed by atoms with E-state index < -0.39 is 0 Å². The van der Waals surface area contributed by atoms with Gasteiger partial charge in [0.2, 0.25) is 0 Å². The molecule has 0 bridgehead atoms.